The minimum Gasteiger partial charge on any atom is -0.481 e. The monoisotopic (exact) mass is 268 g/mol. The number of carboxylic acid groups (broad SMARTS) is 1. The van der Waals surface area contributed by atoms with Crippen LogP contribution < -0.4 is 0 Å². The Labute approximate surface area is 94.7 Å². The summed E-state index contributed by atoms with van der Waals surface area (Å²) in [4.78, 5) is 14.7. The maximum atomic E-state index is 10.5. The molecule has 0 atom stereocenters. The molecular formula is C10H9BrN2O2. The van der Waals surface area contributed by atoms with Crippen LogP contribution >= 0.6 is 15.9 Å². The second-order valence-electron chi connectivity index (χ2n) is 3.18. The normalized spacial score (nSPS) is 10.7. The lowest BCUT2D eigenvalue weighted by atomic mass is 10.3. The van der Waals surface area contributed by atoms with Gasteiger partial charge in [0, 0.05) is 18.1 Å². The molecule has 2 heterocycles. The first-order valence-electron chi connectivity index (χ1n) is 4.50. The molecular weight excluding hydrogens is 260 g/mol. The highest BCUT2D eigenvalue weighted by Crippen LogP contribution is 2.22. The summed E-state index contributed by atoms with van der Waals surface area (Å²) in [6.45, 7) is 0.427. The van der Waals surface area contributed by atoms with Crippen molar-refractivity contribution in [1.82, 2.24) is 9.55 Å². The zero-order chi connectivity index (χ0) is 10.8. The third kappa shape index (κ3) is 2.02. The quantitative estimate of drug-likeness (QED) is 0.929. The molecule has 0 fully saturated rings. The Kier molecular flexibility index (Phi) is 2.73. The molecule has 15 heavy (non-hydrogen) atoms. The van der Waals surface area contributed by atoms with Crippen molar-refractivity contribution in [1.29, 1.82) is 0 Å². The molecule has 0 amide bonds. The minimum atomic E-state index is -0.806. The van der Waals surface area contributed by atoms with E-state index in [-0.39, 0.29) is 6.42 Å². The van der Waals surface area contributed by atoms with Gasteiger partial charge in [0.25, 0.3) is 0 Å². The van der Waals surface area contributed by atoms with Crippen LogP contribution in [0.25, 0.3) is 11.0 Å². The molecule has 0 aliphatic carbocycles. The molecule has 0 unspecified atom stereocenters. The van der Waals surface area contributed by atoms with Gasteiger partial charge in [-0.25, -0.2) is 4.98 Å². The standard InChI is InChI=1S/C10H9BrN2O2/c11-8-6-7-2-1-4-12-10(7)13(8)5-3-9(14)15/h1-2,4,6H,3,5H2,(H,14,15). The molecule has 5 heteroatoms. The van der Waals surface area contributed by atoms with Crippen molar-refractivity contribution in [2.45, 2.75) is 13.0 Å². The maximum Gasteiger partial charge on any atom is 0.305 e. The summed E-state index contributed by atoms with van der Waals surface area (Å²) in [5.41, 5.74) is 0.811. The number of fused-ring (bicyclic) bond motifs is 1. The number of pyridine rings is 1. The molecule has 1 N–H and O–H groups in total. The summed E-state index contributed by atoms with van der Waals surface area (Å²) >= 11 is 3.39. The Morgan fingerprint density at radius 1 is 1.60 bits per heavy atom. The van der Waals surface area contributed by atoms with Crippen molar-refractivity contribution in [2.75, 3.05) is 0 Å². The SMILES string of the molecule is O=C(O)CCn1c(Br)cc2cccnc21. The van der Waals surface area contributed by atoms with Crippen LogP contribution in [0.15, 0.2) is 29.0 Å². The lowest BCUT2D eigenvalue weighted by Gasteiger charge is -2.03. The zero-order valence-corrected chi connectivity index (χ0v) is 9.44. The van der Waals surface area contributed by atoms with E-state index in [1.165, 1.54) is 0 Å². The first-order chi connectivity index (χ1) is 7.18. The molecule has 2 rings (SSSR count). The van der Waals surface area contributed by atoms with E-state index in [0.29, 0.717) is 6.54 Å². The summed E-state index contributed by atoms with van der Waals surface area (Å²) in [6.07, 6.45) is 1.80. The lowest BCUT2D eigenvalue weighted by molar-refractivity contribution is -0.137. The highest BCUT2D eigenvalue weighted by molar-refractivity contribution is 9.10. The molecule has 0 bridgehead atoms. The summed E-state index contributed by atoms with van der Waals surface area (Å²) in [5.74, 6) is -0.806. The van der Waals surface area contributed by atoms with Crippen LogP contribution in [0.2, 0.25) is 0 Å². The maximum absolute atomic E-state index is 10.5. The predicted molar refractivity (Wildman–Crippen MR) is 59.7 cm³/mol. The Bertz CT molecular complexity index is 507. The van der Waals surface area contributed by atoms with Crippen molar-refractivity contribution in [3.63, 3.8) is 0 Å². The highest BCUT2D eigenvalue weighted by Gasteiger charge is 2.08. The molecule has 4 nitrogen and oxygen atoms in total. The van der Waals surface area contributed by atoms with Gasteiger partial charge in [0.1, 0.15) is 5.65 Å². The third-order valence-corrected chi connectivity index (χ3v) is 2.81. The van der Waals surface area contributed by atoms with Crippen LogP contribution in [0.1, 0.15) is 6.42 Å². The van der Waals surface area contributed by atoms with Gasteiger partial charge in [0.15, 0.2) is 0 Å². The van der Waals surface area contributed by atoms with E-state index in [9.17, 15) is 4.79 Å². The number of hydrogen-bond acceptors (Lipinski definition) is 2. The number of rotatable bonds is 3. The first-order valence-corrected chi connectivity index (χ1v) is 5.29. The second kappa shape index (κ2) is 4.02. The van der Waals surface area contributed by atoms with Gasteiger partial charge in [-0.3, -0.25) is 4.79 Å². The van der Waals surface area contributed by atoms with Crippen molar-refractivity contribution in [3.05, 3.63) is 29.0 Å². The molecule has 0 aliphatic rings. The van der Waals surface area contributed by atoms with Gasteiger partial charge in [0.2, 0.25) is 0 Å². The number of nitrogens with zero attached hydrogens (tertiary/aromatic N) is 2. The molecule has 0 radical (unpaired) electrons. The summed E-state index contributed by atoms with van der Waals surface area (Å²) in [5, 5.41) is 9.64. The fourth-order valence-electron chi connectivity index (χ4n) is 1.48. The van der Waals surface area contributed by atoms with Gasteiger partial charge in [-0.05, 0) is 34.1 Å². The van der Waals surface area contributed by atoms with E-state index in [1.807, 2.05) is 22.8 Å². The number of aliphatic carboxylic acids is 1. The Hall–Kier alpha value is -1.36. The number of hydrogen-bond donors (Lipinski definition) is 1. The Morgan fingerprint density at radius 3 is 3.13 bits per heavy atom. The number of carboxylic acids is 1. The largest absolute Gasteiger partial charge is 0.481 e. The van der Waals surface area contributed by atoms with Gasteiger partial charge in [0.05, 0.1) is 11.0 Å². The van der Waals surface area contributed by atoms with Crippen molar-refractivity contribution in [3.8, 4) is 0 Å². The summed E-state index contributed by atoms with van der Waals surface area (Å²) in [6, 6.07) is 5.74. The number of halogens is 1. The van der Waals surface area contributed by atoms with E-state index >= 15 is 0 Å². The average Bonchev–Trinajstić information content (AvgIpc) is 2.50. The highest BCUT2D eigenvalue weighted by atomic mass is 79.9. The van der Waals surface area contributed by atoms with Crippen molar-refractivity contribution >= 4 is 32.9 Å². The predicted octanol–water partition coefficient (Wildman–Crippen LogP) is 2.27. The molecule has 78 valence electrons. The van der Waals surface area contributed by atoms with Gasteiger partial charge < -0.3 is 9.67 Å². The van der Waals surface area contributed by atoms with Crippen molar-refractivity contribution in [2.24, 2.45) is 0 Å². The zero-order valence-electron chi connectivity index (χ0n) is 7.85. The molecule has 0 aliphatic heterocycles. The number of aromatic nitrogens is 2. The van der Waals surface area contributed by atoms with E-state index in [2.05, 4.69) is 20.9 Å². The van der Waals surface area contributed by atoms with E-state index < -0.39 is 5.97 Å². The van der Waals surface area contributed by atoms with Crippen LogP contribution in [0.4, 0.5) is 0 Å². The fourth-order valence-corrected chi connectivity index (χ4v) is 2.07. The second-order valence-corrected chi connectivity index (χ2v) is 3.99. The van der Waals surface area contributed by atoms with Gasteiger partial charge in [-0.15, -0.1) is 0 Å². The van der Waals surface area contributed by atoms with E-state index in [0.717, 1.165) is 15.6 Å². The summed E-state index contributed by atoms with van der Waals surface area (Å²) < 4.78 is 2.71. The van der Waals surface area contributed by atoms with Crippen molar-refractivity contribution < 1.29 is 9.90 Å². The van der Waals surface area contributed by atoms with Crippen LogP contribution in [-0.2, 0) is 11.3 Å². The van der Waals surface area contributed by atoms with E-state index in [4.69, 9.17) is 5.11 Å². The molecule has 0 aromatic carbocycles. The Balaban J connectivity index is 2.40. The van der Waals surface area contributed by atoms with Crippen LogP contribution in [0.3, 0.4) is 0 Å². The molecule has 0 saturated carbocycles. The molecule has 2 aromatic rings. The molecule has 2 aromatic heterocycles. The minimum absolute atomic E-state index is 0.0962. The molecule has 0 saturated heterocycles. The average molecular weight is 269 g/mol. The Morgan fingerprint density at radius 2 is 2.40 bits per heavy atom. The number of carbonyl (C=O) groups is 1. The topological polar surface area (TPSA) is 55.1 Å². The van der Waals surface area contributed by atoms with E-state index in [1.54, 1.807) is 6.20 Å². The van der Waals surface area contributed by atoms with Crippen LogP contribution in [0, 0.1) is 0 Å². The third-order valence-electron chi connectivity index (χ3n) is 2.15. The first kappa shape index (κ1) is 10.2. The van der Waals surface area contributed by atoms with Gasteiger partial charge in [-0.1, -0.05) is 0 Å². The van der Waals surface area contributed by atoms with Gasteiger partial charge >= 0.3 is 5.97 Å². The van der Waals surface area contributed by atoms with Crippen LogP contribution in [-0.4, -0.2) is 20.6 Å². The molecule has 0 spiro atoms. The number of aryl methyl sites for hydroxylation is 1. The van der Waals surface area contributed by atoms with Gasteiger partial charge in [-0.2, -0.15) is 0 Å². The lowest BCUT2D eigenvalue weighted by Crippen LogP contribution is -2.05. The fraction of sp³-hybridized carbons (Fsp3) is 0.200. The summed E-state index contributed by atoms with van der Waals surface area (Å²) in [7, 11) is 0. The van der Waals surface area contributed by atoms with Crippen LogP contribution in [0.5, 0.6) is 0 Å². The smallest absolute Gasteiger partial charge is 0.305 e.